The van der Waals surface area contributed by atoms with Crippen molar-refractivity contribution in [2.45, 2.75) is 33.8 Å². The summed E-state index contributed by atoms with van der Waals surface area (Å²) in [5.41, 5.74) is 2.31. The average Bonchev–Trinajstić information content (AvgIpc) is 2.81. The van der Waals surface area contributed by atoms with E-state index >= 15 is 0 Å². The fourth-order valence-electron chi connectivity index (χ4n) is 1.71. The molecule has 21 heavy (non-hydrogen) atoms. The molecule has 0 unspecified atom stereocenters. The second kappa shape index (κ2) is 7.59. The van der Waals surface area contributed by atoms with Crippen LogP contribution in [-0.2, 0) is 4.79 Å². The standard InChI is InChI=1S/C16H21NO4/c1-10(8-14-9-21-13(4)17-14)6-5-7-11(2)15(18)12(3)16(19)20/h5-9,12,15,18H,1-4H3,(H,19,20)/t12-,15+/m1/s1. The second-order valence-electron chi connectivity index (χ2n) is 5.02. The van der Waals surface area contributed by atoms with E-state index in [-0.39, 0.29) is 0 Å². The number of allylic oxidation sites excluding steroid dienone is 4. The molecular weight excluding hydrogens is 270 g/mol. The summed E-state index contributed by atoms with van der Waals surface area (Å²) in [6, 6.07) is 0. The third-order valence-electron chi connectivity index (χ3n) is 3.06. The minimum absolute atomic E-state index is 0.603. The van der Waals surface area contributed by atoms with Crippen LogP contribution >= 0.6 is 0 Å². The fraction of sp³-hybridized carbons (Fsp3) is 0.375. The Morgan fingerprint density at radius 1 is 1.43 bits per heavy atom. The number of hydrogen-bond acceptors (Lipinski definition) is 4. The number of aliphatic hydroxyl groups is 1. The topological polar surface area (TPSA) is 83.6 Å². The van der Waals surface area contributed by atoms with Crippen molar-refractivity contribution < 1.29 is 19.4 Å². The number of aliphatic carboxylic acids is 1. The van der Waals surface area contributed by atoms with Crippen molar-refractivity contribution in [1.29, 1.82) is 0 Å². The summed E-state index contributed by atoms with van der Waals surface area (Å²) in [6.07, 6.45) is 7.78. The number of oxazole rings is 1. The van der Waals surface area contributed by atoms with E-state index in [1.54, 1.807) is 32.3 Å². The van der Waals surface area contributed by atoms with Gasteiger partial charge in [0.25, 0.3) is 0 Å². The van der Waals surface area contributed by atoms with Crippen molar-refractivity contribution in [3.8, 4) is 0 Å². The number of aromatic nitrogens is 1. The number of hydrogen-bond donors (Lipinski definition) is 2. The molecule has 0 amide bonds. The van der Waals surface area contributed by atoms with Crippen LogP contribution < -0.4 is 0 Å². The van der Waals surface area contributed by atoms with Crippen LogP contribution in [0.5, 0.6) is 0 Å². The molecule has 1 heterocycles. The zero-order valence-electron chi connectivity index (χ0n) is 12.7. The molecule has 0 saturated heterocycles. The summed E-state index contributed by atoms with van der Waals surface area (Å²) >= 11 is 0. The van der Waals surface area contributed by atoms with Crippen molar-refractivity contribution in [2.75, 3.05) is 0 Å². The lowest BCUT2D eigenvalue weighted by Crippen LogP contribution is -2.26. The summed E-state index contributed by atoms with van der Waals surface area (Å²) in [4.78, 5) is 15.0. The van der Waals surface area contributed by atoms with E-state index in [4.69, 9.17) is 9.52 Å². The van der Waals surface area contributed by atoms with Gasteiger partial charge in [0, 0.05) is 6.92 Å². The molecule has 2 atom stereocenters. The number of nitrogens with zero attached hydrogens (tertiary/aromatic N) is 1. The first kappa shape index (κ1) is 16.9. The summed E-state index contributed by atoms with van der Waals surface area (Å²) in [7, 11) is 0. The number of carboxylic acid groups (broad SMARTS) is 1. The van der Waals surface area contributed by atoms with Crippen LogP contribution in [0.4, 0.5) is 0 Å². The number of aryl methyl sites for hydroxylation is 1. The fourth-order valence-corrected chi connectivity index (χ4v) is 1.71. The van der Waals surface area contributed by atoms with Gasteiger partial charge < -0.3 is 14.6 Å². The van der Waals surface area contributed by atoms with E-state index in [0.29, 0.717) is 11.5 Å². The lowest BCUT2D eigenvalue weighted by molar-refractivity contribution is -0.143. The minimum atomic E-state index is -1.02. The van der Waals surface area contributed by atoms with Crippen molar-refractivity contribution in [1.82, 2.24) is 4.98 Å². The molecule has 2 N–H and O–H groups in total. The Hall–Kier alpha value is -2.14. The highest BCUT2D eigenvalue weighted by Crippen LogP contribution is 2.13. The summed E-state index contributed by atoms with van der Waals surface area (Å²) in [6.45, 7) is 6.88. The molecule has 0 aromatic carbocycles. The first-order valence-electron chi connectivity index (χ1n) is 6.67. The largest absolute Gasteiger partial charge is 0.481 e. The Labute approximate surface area is 124 Å². The molecule has 0 aliphatic rings. The quantitative estimate of drug-likeness (QED) is 0.787. The summed E-state index contributed by atoms with van der Waals surface area (Å²) in [5, 5.41) is 18.7. The van der Waals surface area contributed by atoms with E-state index < -0.39 is 18.0 Å². The van der Waals surface area contributed by atoms with Crippen molar-refractivity contribution in [2.24, 2.45) is 5.92 Å². The molecule has 5 nitrogen and oxygen atoms in total. The minimum Gasteiger partial charge on any atom is -0.481 e. The molecule has 0 bridgehead atoms. The van der Waals surface area contributed by atoms with Crippen LogP contribution in [0, 0.1) is 12.8 Å². The van der Waals surface area contributed by atoms with Gasteiger partial charge in [-0.1, -0.05) is 18.2 Å². The second-order valence-corrected chi connectivity index (χ2v) is 5.02. The number of aliphatic hydroxyl groups excluding tert-OH is 1. The Balaban J connectivity index is 2.69. The number of carboxylic acids is 1. The Morgan fingerprint density at radius 3 is 2.62 bits per heavy atom. The number of carbonyl (C=O) groups is 1. The zero-order chi connectivity index (χ0) is 16.0. The molecule has 0 saturated carbocycles. The number of rotatable bonds is 6. The molecule has 1 rings (SSSR count). The van der Waals surface area contributed by atoms with Gasteiger partial charge in [-0.2, -0.15) is 0 Å². The highest BCUT2D eigenvalue weighted by atomic mass is 16.4. The first-order valence-corrected chi connectivity index (χ1v) is 6.67. The lowest BCUT2D eigenvalue weighted by Gasteiger charge is -2.14. The molecule has 1 aromatic rings. The first-order chi connectivity index (χ1) is 9.81. The van der Waals surface area contributed by atoms with Crippen LogP contribution in [0.1, 0.15) is 32.4 Å². The van der Waals surface area contributed by atoms with Crippen LogP contribution in [-0.4, -0.2) is 27.3 Å². The van der Waals surface area contributed by atoms with E-state index in [0.717, 1.165) is 11.3 Å². The molecule has 0 fully saturated rings. The average molecular weight is 291 g/mol. The van der Waals surface area contributed by atoms with E-state index in [2.05, 4.69) is 4.98 Å². The smallest absolute Gasteiger partial charge is 0.309 e. The van der Waals surface area contributed by atoms with Crippen LogP contribution in [0.15, 0.2) is 40.1 Å². The molecule has 5 heteroatoms. The Morgan fingerprint density at radius 2 is 2.10 bits per heavy atom. The maximum absolute atomic E-state index is 10.8. The van der Waals surface area contributed by atoms with E-state index in [1.807, 2.05) is 19.1 Å². The van der Waals surface area contributed by atoms with Gasteiger partial charge in [-0.15, -0.1) is 0 Å². The molecular formula is C16H21NO4. The highest BCUT2D eigenvalue weighted by molar-refractivity contribution is 5.70. The monoisotopic (exact) mass is 291 g/mol. The third-order valence-corrected chi connectivity index (χ3v) is 3.06. The van der Waals surface area contributed by atoms with Gasteiger partial charge in [-0.25, -0.2) is 4.98 Å². The Bertz CT molecular complexity index is 581. The van der Waals surface area contributed by atoms with Crippen molar-refractivity contribution in [3.63, 3.8) is 0 Å². The maximum atomic E-state index is 10.8. The van der Waals surface area contributed by atoms with Crippen molar-refractivity contribution in [3.05, 3.63) is 47.2 Å². The van der Waals surface area contributed by atoms with E-state index in [1.165, 1.54) is 6.92 Å². The normalized spacial score (nSPS) is 16.2. The molecule has 1 aromatic heterocycles. The van der Waals surface area contributed by atoms with E-state index in [9.17, 15) is 9.90 Å². The summed E-state index contributed by atoms with van der Waals surface area (Å²) < 4.78 is 5.11. The summed E-state index contributed by atoms with van der Waals surface area (Å²) in [5.74, 6) is -1.24. The third kappa shape index (κ3) is 5.39. The van der Waals surface area contributed by atoms with Gasteiger partial charge in [-0.05, 0) is 38.0 Å². The van der Waals surface area contributed by atoms with Crippen LogP contribution in [0.2, 0.25) is 0 Å². The predicted octanol–water partition coefficient (Wildman–Crippen LogP) is 2.97. The SMILES string of the molecule is CC(C=CC=C(C)[C@H](O)[C@@H](C)C(=O)O)=Cc1coc(C)n1. The van der Waals surface area contributed by atoms with Crippen molar-refractivity contribution >= 4 is 12.0 Å². The van der Waals surface area contributed by atoms with Gasteiger partial charge in [-0.3, -0.25) is 4.79 Å². The molecule has 0 aliphatic carbocycles. The predicted molar refractivity (Wildman–Crippen MR) is 80.6 cm³/mol. The van der Waals surface area contributed by atoms with Gasteiger partial charge in [0.2, 0.25) is 0 Å². The van der Waals surface area contributed by atoms with Gasteiger partial charge >= 0.3 is 5.97 Å². The molecule has 0 radical (unpaired) electrons. The Kier molecular flexibility index (Phi) is 6.11. The van der Waals surface area contributed by atoms with Gasteiger partial charge in [0.1, 0.15) is 12.0 Å². The highest BCUT2D eigenvalue weighted by Gasteiger charge is 2.21. The van der Waals surface area contributed by atoms with Gasteiger partial charge in [0.15, 0.2) is 5.89 Å². The van der Waals surface area contributed by atoms with Crippen LogP contribution in [0.3, 0.4) is 0 Å². The molecule has 0 spiro atoms. The maximum Gasteiger partial charge on any atom is 0.309 e. The molecule has 0 aliphatic heterocycles. The molecule has 114 valence electrons. The van der Waals surface area contributed by atoms with Gasteiger partial charge in [0.05, 0.1) is 12.0 Å². The zero-order valence-corrected chi connectivity index (χ0v) is 12.7. The van der Waals surface area contributed by atoms with Crippen LogP contribution in [0.25, 0.3) is 6.08 Å². The lowest BCUT2D eigenvalue weighted by atomic mass is 9.98.